The van der Waals surface area contributed by atoms with E-state index in [1.165, 1.54) is 39.0 Å². The largest absolute Gasteiger partial charge is 0.0991 e. The molecule has 0 bridgehead atoms. The van der Waals surface area contributed by atoms with Crippen LogP contribution < -0.4 is 0 Å². The third kappa shape index (κ3) is 3.56. The summed E-state index contributed by atoms with van der Waals surface area (Å²) in [4.78, 5) is 0. The molecule has 0 heterocycles. The predicted molar refractivity (Wildman–Crippen MR) is 131 cm³/mol. The van der Waals surface area contributed by atoms with Crippen LogP contribution in [0.15, 0.2) is 114 Å². The van der Waals surface area contributed by atoms with Crippen LogP contribution in [-0.2, 0) is 0 Å². The Morgan fingerprint density at radius 2 is 2.00 bits per heavy atom. The molecule has 0 amide bonds. The Labute approximate surface area is 182 Å². The van der Waals surface area contributed by atoms with Gasteiger partial charge < -0.3 is 0 Å². The van der Waals surface area contributed by atoms with Gasteiger partial charge in [-0.1, -0.05) is 104 Å². The second-order valence-corrected chi connectivity index (χ2v) is 8.69. The van der Waals surface area contributed by atoms with Crippen LogP contribution in [0.25, 0.3) is 5.57 Å². The summed E-state index contributed by atoms with van der Waals surface area (Å²) in [5.41, 5.74) is 11.1. The van der Waals surface area contributed by atoms with E-state index in [9.17, 15) is 0 Å². The summed E-state index contributed by atoms with van der Waals surface area (Å²) in [6.07, 6.45) is 19.9. The van der Waals surface area contributed by atoms with E-state index >= 15 is 0 Å². The molecule has 3 atom stereocenters. The van der Waals surface area contributed by atoms with Crippen molar-refractivity contribution in [2.45, 2.75) is 33.6 Å². The zero-order valence-corrected chi connectivity index (χ0v) is 18.5. The molecule has 30 heavy (non-hydrogen) atoms. The molecule has 0 fully saturated rings. The number of benzene rings is 1. The normalized spacial score (nSPS) is 26.5. The van der Waals surface area contributed by atoms with Gasteiger partial charge in [-0.25, -0.2) is 0 Å². The second kappa shape index (κ2) is 8.48. The van der Waals surface area contributed by atoms with E-state index in [1.54, 1.807) is 0 Å². The van der Waals surface area contributed by atoms with Crippen molar-refractivity contribution >= 4 is 5.57 Å². The number of aryl methyl sites for hydroxylation is 1. The van der Waals surface area contributed by atoms with Crippen LogP contribution in [0.2, 0.25) is 0 Å². The molecular weight excluding hydrogens is 360 g/mol. The van der Waals surface area contributed by atoms with E-state index in [4.69, 9.17) is 0 Å². The van der Waals surface area contributed by atoms with Gasteiger partial charge in [0.05, 0.1) is 0 Å². The van der Waals surface area contributed by atoms with Gasteiger partial charge in [0.1, 0.15) is 0 Å². The Morgan fingerprint density at radius 1 is 1.17 bits per heavy atom. The lowest BCUT2D eigenvalue weighted by molar-refractivity contribution is 0.363. The van der Waals surface area contributed by atoms with Crippen LogP contribution in [0.5, 0.6) is 0 Å². The third-order valence-corrected chi connectivity index (χ3v) is 6.88. The maximum Gasteiger partial charge on any atom is 0.0123 e. The fraction of sp³-hybridized carbons (Fsp3) is 0.267. The summed E-state index contributed by atoms with van der Waals surface area (Å²) in [5.74, 6) is 1.46. The van der Waals surface area contributed by atoms with E-state index in [1.807, 2.05) is 12.2 Å². The summed E-state index contributed by atoms with van der Waals surface area (Å²) in [6, 6.07) is 8.97. The average molecular weight is 393 g/mol. The van der Waals surface area contributed by atoms with Crippen molar-refractivity contribution in [3.8, 4) is 0 Å². The molecular formula is C30H32. The molecule has 1 aromatic carbocycles. The zero-order chi connectivity index (χ0) is 21.3. The quantitative estimate of drug-likeness (QED) is 0.351. The minimum Gasteiger partial charge on any atom is -0.0991 e. The Kier molecular flexibility index (Phi) is 5.77. The van der Waals surface area contributed by atoms with Gasteiger partial charge in [0, 0.05) is 11.8 Å². The summed E-state index contributed by atoms with van der Waals surface area (Å²) in [7, 11) is 0. The number of hydrogen-bond acceptors (Lipinski definition) is 0. The molecule has 0 saturated heterocycles. The smallest absolute Gasteiger partial charge is 0.0123 e. The zero-order valence-electron chi connectivity index (χ0n) is 18.5. The molecule has 3 unspecified atom stereocenters. The summed E-state index contributed by atoms with van der Waals surface area (Å²) in [5, 5.41) is 0. The average Bonchev–Trinajstić information content (AvgIpc) is 2.75. The van der Waals surface area contributed by atoms with Gasteiger partial charge in [-0.3, -0.25) is 0 Å². The van der Waals surface area contributed by atoms with Crippen molar-refractivity contribution < 1.29 is 0 Å². The minimum atomic E-state index is 0.428. The molecule has 3 aliphatic carbocycles. The fourth-order valence-electron chi connectivity index (χ4n) is 5.49. The van der Waals surface area contributed by atoms with Crippen molar-refractivity contribution in [3.05, 3.63) is 125 Å². The molecule has 0 saturated carbocycles. The maximum atomic E-state index is 4.37. The molecule has 0 radical (unpaired) electrons. The van der Waals surface area contributed by atoms with Crippen molar-refractivity contribution in [1.29, 1.82) is 0 Å². The highest BCUT2D eigenvalue weighted by molar-refractivity contribution is 5.74. The Bertz CT molecular complexity index is 1060. The Morgan fingerprint density at radius 3 is 2.73 bits per heavy atom. The minimum absolute atomic E-state index is 0.428. The lowest BCUT2D eigenvalue weighted by Crippen LogP contribution is -2.34. The van der Waals surface area contributed by atoms with Gasteiger partial charge >= 0.3 is 0 Å². The summed E-state index contributed by atoms with van der Waals surface area (Å²) >= 11 is 0. The second-order valence-electron chi connectivity index (χ2n) is 8.69. The topological polar surface area (TPSA) is 0 Å². The van der Waals surface area contributed by atoms with E-state index in [-0.39, 0.29) is 0 Å². The number of allylic oxidation sites excluding steroid dienone is 14. The van der Waals surface area contributed by atoms with E-state index in [0.29, 0.717) is 17.8 Å². The van der Waals surface area contributed by atoms with Crippen LogP contribution >= 0.6 is 0 Å². The van der Waals surface area contributed by atoms with Gasteiger partial charge in [-0.15, -0.1) is 0 Å². The molecule has 3 aliphatic rings. The maximum absolute atomic E-state index is 4.37. The number of hydrogen-bond donors (Lipinski definition) is 0. The molecule has 0 nitrogen and oxygen atoms in total. The van der Waals surface area contributed by atoms with Crippen LogP contribution in [0.1, 0.15) is 37.8 Å². The fourth-order valence-corrected chi connectivity index (χ4v) is 5.49. The molecule has 0 N–H and O–H groups in total. The molecule has 1 aromatic rings. The van der Waals surface area contributed by atoms with Crippen molar-refractivity contribution in [1.82, 2.24) is 0 Å². The first kappa shape index (κ1) is 20.4. The van der Waals surface area contributed by atoms with Gasteiger partial charge in [-0.05, 0) is 66.0 Å². The van der Waals surface area contributed by atoms with Crippen LogP contribution in [0, 0.1) is 24.7 Å². The van der Waals surface area contributed by atoms with Crippen molar-refractivity contribution in [2.75, 3.05) is 0 Å². The van der Waals surface area contributed by atoms with Gasteiger partial charge in [0.2, 0.25) is 0 Å². The molecule has 0 heteroatoms. The van der Waals surface area contributed by atoms with E-state index < -0.39 is 0 Å². The molecule has 4 rings (SSSR count). The standard InChI is InChI=1S/C30H32/c1-6-8-11-21(4)25(7-2)27-18-15-23-14-17-26(24-12-9-10-20(3)19-24)28-16-13-22(5)29(27)30(23)28/h6,8-15,17-19,28-30H,1,4,7,16H2,2-3,5H3/b11-8-,27-25+. The first-order valence-electron chi connectivity index (χ1n) is 11.1. The Balaban J connectivity index is 1.83. The molecule has 0 aromatic heterocycles. The lowest BCUT2D eigenvalue weighted by atomic mass is 9.59. The highest BCUT2D eigenvalue weighted by atomic mass is 14.5. The lowest BCUT2D eigenvalue weighted by Gasteiger charge is -2.45. The van der Waals surface area contributed by atoms with Crippen LogP contribution in [0.4, 0.5) is 0 Å². The first-order valence-corrected chi connectivity index (χ1v) is 11.1. The number of rotatable bonds is 5. The summed E-state index contributed by atoms with van der Waals surface area (Å²) < 4.78 is 0. The SMILES string of the molecule is C=C/C=C\C(=C)/C(CC)=C1\C=CC2=CC=C(c3cccc(C)c3)C3CC=C(C)C1C23. The van der Waals surface area contributed by atoms with E-state index in [0.717, 1.165) is 18.4 Å². The molecule has 152 valence electrons. The van der Waals surface area contributed by atoms with Gasteiger partial charge in [-0.2, -0.15) is 0 Å². The molecule has 0 spiro atoms. The first-order chi connectivity index (χ1) is 14.5. The third-order valence-electron chi connectivity index (χ3n) is 6.88. The monoisotopic (exact) mass is 392 g/mol. The van der Waals surface area contributed by atoms with Gasteiger partial charge in [0.25, 0.3) is 0 Å². The predicted octanol–water partition coefficient (Wildman–Crippen LogP) is 8.09. The van der Waals surface area contributed by atoms with Crippen LogP contribution in [-0.4, -0.2) is 0 Å². The van der Waals surface area contributed by atoms with E-state index in [2.05, 4.69) is 94.7 Å². The highest BCUT2D eigenvalue weighted by Gasteiger charge is 2.42. The summed E-state index contributed by atoms with van der Waals surface area (Å²) in [6.45, 7) is 14.9. The van der Waals surface area contributed by atoms with Crippen LogP contribution in [0.3, 0.4) is 0 Å². The van der Waals surface area contributed by atoms with Gasteiger partial charge in [0.15, 0.2) is 0 Å². The molecule has 0 aliphatic heterocycles. The Hall–Kier alpha value is -2.86. The van der Waals surface area contributed by atoms with Crippen molar-refractivity contribution in [2.24, 2.45) is 17.8 Å². The van der Waals surface area contributed by atoms with Crippen molar-refractivity contribution in [3.63, 3.8) is 0 Å². The highest BCUT2D eigenvalue weighted by Crippen LogP contribution is 2.53.